The molecule has 1 saturated heterocycles. The number of imide groups is 1. The average Bonchev–Trinajstić information content (AvgIpc) is 3.05. The minimum atomic E-state index is -1.94. The van der Waals surface area contributed by atoms with Crippen LogP contribution in [0.15, 0.2) is 42.5 Å². The van der Waals surface area contributed by atoms with Gasteiger partial charge in [-0.25, -0.2) is 14.5 Å². The normalized spacial score (nSPS) is 15.6. The Morgan fingerprint density at radius 3 is 2.23 bits per heavy atom. The first kappa shape index (κ1) is 41.4. The maximum atomic E-state index is 13.6. The molecule has 0 aliphatic carbocycles. The van der Waals surface area contributed by atoms with E-state index >= 15 is 0 Å². The quantitative estimate of drug-likeness (QED) is 0.168. The predicted molar refractivity (Wildman–Crippen MR) is 191 cm³/mol. The summed E-state index contributed by atoms with van der Waals surface area (Å²) in [6, 6.07) is 13.0. The number of ether oxygens (including phenoxy) is 4. The number of esters is 1. The van der Waals surface area contributed by atoms with E-state index in [9.17, 15) is 34.3 Å². The second-order valence-corrected chi connectivity index (χ2v) is 14.9. The molecule has 0 radical (unpaired) electrons. The molecule has 0 saturated carbocycles. The fourth-order valence-electron chi connectivity index (χ4n) is 5.03. The van der Waals surface area contributed by atoms with Crippen LogP contribution in [-0.2, 0) is 45.3 Å². The number of nitrogens with one attached hydrogen (secondary N) is 1. The van der Waals surface area contributed by atoms with Crippen LogP contribution in [0.4, 0.5) is 21.0 Å². The molecular formula is C38H50N4O10. The summed E-state index contributed by atoms with van der Waals surface area (Å²) in [7, 11) is 0. The van der Waals surface area contributed by atoms with Crippen molar-refractivity contribution in [3.05, 3.63) is 59.2 Å². The van der Waals surface area contributed by atoms with E-state index in [0.29, 0.717) is 22.8 Å². The van der Waals surface area contributed by atoms with Gasteiger partial charge < -0.3 is 34.3 Å². The predicted octanol–water partition coefficient (Wildman–Crippen LogP) is 5.58. The third-order valence-corrected chi connectivity index (χ3v) is 7.85. The first-order chi connectivity index (χ1) is 24.2. The standard InChI is InChI=1S/C38H50N4O10/c1-10-11-18-50-33(46)38(8,9)26-13-12-14-28(21-26)41-17-19-49-30(32(41)45)29(43)31(44)40-27-16-15-24(22-39)25(20-27)23-42(34(47)51-36(2,3)4)35(48)52-37(5,6)7/h12-16,20-21,29-30,43H,10-11,17-19,23H2,1-9H3,(H,40,44)/t29-,30-/m1/s1. The van der Waals surface area contributed by atoms with Crippen molar-refractivity contribution in [1.29, 1.82) is 5.26 Å². The summed E-state index contributed by atoms with van der Waals surface area (Å²) in [5.41, 5.74) is -1.46. The van der Waals surface area contributed by atoms with Crippen molar-refractivity contribution in [1.82, 2.24) is 4.90 Å². The van der Waals surface area contributed by atoms with E-state index in [-0.39, 0.29) is 30.0 Å². The van der Waals surface area contributed by atoms with Gasteiger partial charge in [-0.3, -0.25) is 14.4 Å². The molecule has 282 valence electrons. The summed E-state index contributed by atoms with van der Waals surface area (Å²) < 4.78 is 21.8. The van der Waals surface area contributed by atoms with Gasteiger partial charge in [0.15, 0.2) is 12.2 Å². The first-order valence-electron chi connectivity index (χ1n) is 17.1. The lowest BCUT2D eigenvalue weighted by Crippen LogP contribution is -2.55. The van der Waals surface area contributed by atoms with Gasteiger partial charge in [0.1, 0.15) is 11.2 Å². The number of hydrogen-bond donors (Lipinski definition) is 2. The van der Waals surface area contributed by atoms with Crippen LogP contribution < -0.4 is 10.2 Å². The lowest BCUT2D eigenvalue weighted by Gasteiger charge is -2.34. The fraction of sp³-hybridized carbons (Fsp3) is 0.526. The highest BCUT2D eigenvalue weighted by Crippen LogP contribution is 2.30. The number of amides is 4. The zero-order valence-electron chi connectivity index (χ0n) is 31.4. The maximum absolute atomic E-state index is 13.6. The molecule has 3 rings (SSSR count). The molecule has 1 fully saturated rings. The minimum absolute atomic E-state index is 0.0135. The number of morpholine rings is 1. The fourth-order valence-corrected chi connectivity index (χ4v) is 5.03. The van der Waals surface area contributed by atoms with E-state index in [2.05, 4.69) is 5.32 Å². The Bertz CT molecular complexity index is 1660. The van der Waals surface area contributed by atoms with Crippen LogP contribution >= 0.6 is 0 Å². The monoisotopic (exact) mass is 722 g/mol. The third kappa shape index (κ3) is 11.0. The van der Waals surface area contributed by atoms with E-state index in [1.807, 2.05) is 13.0 Å². The molecule has 0 unspecified atom stereocenters. The van der Waals surface area contributed by atoms with Gasteiger partial charge in [-0.05, 0) is 103 Å². The second kappa shape index (κ2) is 17.0. The van der Waals surface area contributed by atoms with Gasteiger partial charge in [0.25, 0.3) is 11.8 Å². The van der Waals surface area contributed by atoms with Crippen LogP contribution in [-0.4, -0.2) is 83.1 Å². The lowest BCUT2D eigenvalue weighted by atomic mass is 9.84. The Labute approximate surface area is 304 Å². The van der Waals surface area contributed by atoms with Gasteiger partial charge in [-0.15, -0.1) is 0 Å². The Hall–Kier alpha value is -5.00. The van der Waals surface area contributed by atoms with E-state index < -0.39 is 65.3 Å². The molecule has 0 aromatic heterocycles. The van der Waals surface area contributed by atoms with Crippen LogP contribution in [0, 0.1) is 11.3 Å². The SMILES string of the molecule is CCCCOC(=O)C(C)(C)c1cccc(N2CCO[C@H]([C@@H](O)C(=O)Nc3ccc(C#N)c(CN(C(=O)OC(C)(C)C)C(=O)OC(C)(C)C)c3)C2=O)c1. The zero-order chi connectivity index (χ0) is 39.0. The Kier molecular flexibility index (Phi) is 13.5. The number of nitrogens with zero attached hydrogens (tertiary/aromatic N) is 3. The maximum Gasteiger partial charge on any atom is 0.420 e. The van der Waals surface area contributed by atoms with Crippen molar-refractivity contribution in [2.45, 2.75) is 111 Å². The van der Waals surface area contributed by atoms with Crippen LogP contribution in [0.5, 0.6) is 0 Å². The average molecular weight is 723 g/mol. The Morgan fingerprint density at radius 2 is 1.65 bits per heavy atom. The van der Waals surface area contributed by atoms with Gasteiger partial charge in [0.05, 0.1) is 36.8 Å². The summed E-state index contributed by atoms with van der Waals surface area (Å²) in [6.45, 7) is 15.3. The number of rotatable bonds is 11. The molecule has 14 nitrogen and oxygen atoms in total. The molecule has 52 heavy (non-hydrogen) atoms. The molecule has 14 heteroatoms. The highest BCUT2D eigenvalue weighted by molar-refractivity contribution is 6.04. The van der Waals surface area contributed by atoms with Crippen LogP contribution in [0.25, 0.3) is 0 Å². The molecule has 2 atom stereocenters. The summed E-state index contributed by atoms with van der Waals surface area (Å²) in [5.74, 6) is -2.04. The molecule has 1 aliphatic heterocycles. The summed E-state index contributed by atoms with van der Waals surface area (Å²) >= 11 is 0. The van der Waals surface area contributed by atoms with Crippen molar-refractivity contribution in [2.75, 3.05) is 30.0 Å². The van der Waals surface area contributed by atoms with Crippen LogP contribution in [0.2, 0.25) is 0 Å². The Balaban J connectivity index is 1.81. The molecule has 2 N–H and O–H groups in total. The largest absolute Gasteiger partial charge is 0.465 e. The number of aliphatic hydroxyl groups is 1. The van der Waals surface area contributed by atoms with Crippen LogP contribution in [0.3, 0.4) is 0 Å². The first-order valence-corrected chi connectivity index (χ1v) is 17.1. The number of benzene rings is 2. The topological polar surface area (TPSA) is 185 Å². The van der Waals surface area contributed by atoms with Crippen molar-refractivity contribution >= 4 is 41.3 Å². The molecule has 2 aromatic carbocycles. The molecule has 1 aliphatic rings. The number of nitriles is 1. The van der Waals surface area contributed by atoms with Crippen molar-refractivity contribution < 1.29 is 48.0 Å². The van der Waals surface area contributed by atoms with Gasteiger partial charge in [-0.2, -0.15) is 5.26 Å². The molecule has 0 bridgehead atoms. The number of carbonyl (C=O) groups is 5. The van der Waals surface area contributed by atoms with E-state index in [4.69, 9.17) is 18.9 Å². The highest BCUT2D eigenvalue weighted by Gasteiger charge is 2.40. The minimum Gasteiger partial charge on any atom is -0.465 e. The summed E-state index contributed by atoms with van der Waals surface area (Å²) in [5, 5.41) is 23.4. The molecule has 1 heterocycles. The van der Waals surface area contributed by atoms with Crippen molar-refractivity contribution in [3.63, 3.8) is 0 Å². The smallest absolute Gasteiger partial charge is 0.420 e. The second-order valence-electron chi connectivity index (χ2n) is 14.9. The molecular weight excluding hydrogens is 672 g/mol. The Morgan fingerprint density at radius 1 is 1.02 bits per heavy atom. The third-order valence-electron chi connectivity index (χ3n) is 7.85. The zero-order valence-corrected chi connectivity index (χ0v) is 31.4. The van der Waals surface area contributed by atoms with Crippen LogP contribution in [0.1, 0.15) is 91.8 Å². The van der Waals surface area contributed by atoms with Gasteiger partial charge >= 0.3 is 18.2 Å². The van der Waals surface area contributed by atoms with E-state index in [1.165, 1.54) is 23.1 Å². The molecule has 4 amide bonds. The summed E-state index contributed by atoms with van der Waals surface area (Å²) in [4.78, 5) is 68.0. The highest BCUT2D eigenvalue weighted by atomic mass is 16.6. The van der Waals surface area contributed by atoms with Gasteiger partial charge in [0.2, 0.25) is 0 Å². The molecule has 0 spiro atoms. The van der Waals surface area contributed by atoms with E-state index in [0.717, 1.165) is 12.8 Å². The molecule has 2 aromatic rings. The van der Waals surface area contributed by atoms with Gasteiger partial charge in [0, 0.05) is 17.9 Å². The lowest BCUT2D eigenvalue weighted by molar-refractivity contribution is -0.150. The number of anilines is 2. The van der Waals surface area contributed by atoms with Gasteiger partial charge in [-0.1, -0.05) is 25.5 Å². The van der Waals surface area contributed by atoms with Crippen molar-refractivity contribution in [3.8, 4) is 6.07 Å². The van der Waals surface area contributed by atoms with Crippen molar-refractivity contribution in [2.24, 2.45) is 0 Å². The number of carbonyl (C=O) groups excluding carboxylic acids is 5. The van der Waals surface area contributed by atoms with E-state index in [1.54, 1.807) is 79.7 Å². The number of hydrogen-bond acceptors (Lipinski definition) is 11. The number of aliphatic hydroxyl groups excluding tert-OH is 1. The summed E-state index contributed by atoms with van der Waals surface area (Å²) in [6.07, 6.45) is -3.89. The number of unbranched alkanes of at least 4 members (excludes halogenated alkanes) is 1.